The van der Waals surface area contributed by atoms with Crippen LogP contribution in [0.25, 0.3) is 0 Å². The van der Waals surface area contributed by atoms with Gasteiger partial charge < -0.3 is 19.1 Å². The number of allylic oxidation sites excluding steroid dienone is 2. The van der Waals surface area contributed by atoms with Crippen molar-refractivity contribution in [1.82, 2.24) is 4.90 Å². The van der Waals surface area contributed by atoms with Gasteiger partial charge in [-0.15, -0.1) is 0 Å². The molecule has 7 nitrogen and oxygen atoms in total. The summed E-state index contributed by atoms with van der Waals surface area (Å²) in [4.78, 5) is 37.4. The van der Waals surface area contributed by atoms with Gasteiger partial charge in [0, 0.05) is 18.7 Å². The van der Waals surface area contributed by atoms with E-state index in [-0.39, 0.29) is 38.2 Å². The normalized spacial score (nSPS) is 12.7. The van der Waals surface area contributed by atoms with E-state index in [9.17, 15) is 14.4 Å². The van der Waals surface area contributed by atoms with Gasteiger partial charge in [-0.3, -0.25) is 9.59 Å². The second kappa shape index (κ2) is 23.3. The molecule has 0 saturated carbocycles. The van der Waals surface area contributed by atoms with Crippen molar-refractivity contribution in [1.29, 1.82) is 0 Å². The number of ether oxygens (including phenoxy) is 3. The molecule has 1 aliphatic heterocycles. The SMILES string of the molecule is C=C(C)C(=O)OCCOC(=O)CCC(=O)OCC1=CC=CCN1CCCCCCCCCCCCCCCC. The summed E-state index contributed by atoms with van der Waals surface area (Å²) in [6.45, 7) is 9.16. The molecule has 0 aromatic heterocycles. The summed E-state index contributed by atoms with van der Waals surface area (Å²) in [6, 6.07) is 0. The molecule has 0 fully saturated rings. The van der Waals surface area contributed by atoms with E-state index in [1.54, 1.807) is 6.92 Å². The number of carbonyl (C=O) groups is 3. The zero-order valence-corrected chi connectivity index (χ0v) is 24.7. The molecule has 1 rings (SSSR count). The van der Waals surface area contributed by atoms with E-state index < -0.39 is 17.9 Å². The van der Waals surface area contributed by atoms with E-state index in [0.717, 1.165) is 25.2 Å². The summed E-state index contributed by atoms with van der Waals surface area (Å²) in [5, 5.41) is 0. The first-order valence-corrected chi connectivity index (χ1v) is 15.2. The number of unbranched alkanes of at least 4 members (excludes halogenated alkanes) is 13. The molecule has 0 aromatic rings. The molecule has 0 atom stereocenters. The third kappa shape index (κ3) is 19.2. The predicted molar refractivity (Wildman–Crippen MR) is 156 cm³/mol. The van der Waals surface area contributed by atoms with Gasteiger partial charge in [-0.2, -0.15) is 0 Å². The van der Waals surface area contributed by atoms with E-state index in [2.05, 4.69) is 24.5 Å². The summed E-state index contributed by atoms with van der Waals surface area (Å²) in [5.41, 5.74) is 1.27. The molecular weight excluding hydrogens is 494 g/mol. The maximum absolute atomic E-state index is 12.1. The fraction of sp³-hybridized carbons (Fsp3) is 0.719. The van der Waals surface area contributed by atoms with Crippen molar-refractivity contribution in [2.24, 2.45) is 0 Å². The first-order valence-electron chi connectivity index (χ1n) is 15.2. The van der Waals surface area contributed by atoms with Crippen molar-refractivity contribution in [3.05, 3.63) is 36.1 Å². The minimum atomic E-state index is -0.530. The molecule has 1 aliphatic rings. The summed E-state index contributed by atoms with van der Waals surface area (Å²) in [7, 11) is 0. The Morgan fingerprint density at radius 3 is 1.85 bits per heavy atom. The number of hydrogen-bond acceptors (Lipinski definition) is 7. The standard InChI is InChI=1S/C32H53NO6/c1-4-5-6-7-8-9-10-11-12-13-14-15-16-18-23-33-24-19-17-20-29(33)27-39-31(35)22-21-30(34)37-25-26-38-32(36)28(2)3/h17,19-20H,2,4-16,18,21-27H2,1,3H3. The van der Waals surface area contributed by atoms with E-state index in [1.165, 1.54) is 83.5 Å². The van der Waals surface area contributed by atoms with Crippen molar-refractivity contribution in [3.63, 3.8) is 0 Å². The molecule has 0 radical (unpaired) electrons. The minimum Gasteiger partial charge on any atom is -0.462 e. The molecule has 0 amide bonds. The molecule has 222 valence electrons. The third-order valence-electron chi connectivity index (χ3n) is 6.78. The molecule has 39 heavy (non-hydrogen) atoms. The largest absolute Gasteiger partial charge is 0.462 e. The molecule has 1 heterocycles. The minimum absolute atomic E-state index is 0.0430. The molecule has 7 heteroatoms. The molecule has 0 saturated heterocycles. The van der Waals surface area contributed by atoms with Gasteiger partial charge in [0.15, 0.2) is 0 Å². The van der Waals surface area contributed by atoms with Gasteiger partial charge >= 0.3 is 17.9 Å². The lowest BCUT2D eigenvalue weighted by Gasteiger charge is -2.28. The summed E-state index contributed by atoms with van der Waals surface area (Å²) < 4.78 is 15.2. The maximum atomic E-state index is 12.1. The Balaban J connectivity index is 2.06. The molecule has 0 aromatic carbocycles. The lowest BCUT2D eigenvalue weighted by Crippen LogP contribution is -2.29. The molecular formula is C32H53NO6. The van der Waals surface area contributed by atoms with Crippen LogP contribution >= 0.6 is 0 Å². The van der Waals surface area contributed by atoms with Crippen molar-refractivity contribution in [3.8, 4) is 0 Å². The van der Waals surface area contributed by atoms with Crippen LogP contribution in [0.1, 0.15) is 117 Å². The van der Waals surface area contributed by atoms with E-state index in [0.29, 0.717) is 0 Å². The first-order chi connectivity index (χ1) is 18.9. The summed E-state index contributed by atoms with van der Waals surface area (Å²) in [5.74, 6) is -1.50. The predicted octanol–water partition coefficient (Wildman–Crippen LogP) is 7.21. The van der Waals surface area contributed by atoms with Gasteiger partial charge in [0.25, 0.3) is 0 Å². The van der Waals surface area contributed by atoms with Crippen molar-refractivity contribution in [2.75, 3.05) is 32.9 Å². The van der Waals surface area contributed by atoms with Crippen LogP contribution in [0.3, 0.4) is 0 Å². The lowest BCUT2D eigenvalue weighted by atomic mass is 10.0. The average molecular weight is 548 g/mol. The highest BCUT2D eigenvalue weighted by molar-refractivity contribution is 5.86. The van der Waals surface area contributed by atoms with Crippen molar-refractivity contribution in [2.45, 2.75) is 117 Å². The maximum Gasteiger partial charge on any atom is 0.333 e. The monoisotopic (exact) mass is 547 g/mol. The number of esters is 3. The van der Waals surface area contributed by atoms with Gasteiger partial charge in [0.2, 0.25) is 0 Å². The highest BCUT2D eigenvalue weighted by Gasteiger charge is 2.14. The fourth-order valence-corrected chi connectivity index (χ4v) is 4.38. The fourth-order valence-electron chi connectivity index (χ4n) is 4.38. The Hall–Kier alpha value is -2.57. The van der Waals surface area contributed by atoms with Crippen LogP contribution in [-0.2, 0) is 28.6 Å². The van der Waals surface area contributed by atoms with Crippen LogP contribution in [0.15, 0.2) is 36.1 Å². The van der Waals surface area contributed by atoms with Gasteiger partial charge in [-0.05, 0) is 19.4 Å². The molecule has 0 aliphatic carbocycles. The number of rotatable bonds is 24. The Morgan fingerprint density at radius 1 is 0.769 bits per heavy atom. The van der Waals surface area contributed by atoms with Crippen molar-refractivity contribution >= 4 is 17.9 Å². The van der Waals surface area contributed by atoms with Crippen LogP contribution < -0.4 is 0 Å². The third-order valence-corrected chi connectivity index (χ3v) is 6.78. The van der Waals surface area contributed by atoms with Crippen LogP contribution in [-0.4, -0.2) is 55.7 Å². The highest BCUT2D eigenvalue weighted by atomic mass is 16.6. The lowest BCUT2D eigenvalue weighted by molar-refractivity contribution is -0.152. The van der Waals surface area contributed by atoms with Gasteiger partial charge in [-0.25, -0.2) is 4.79 Å². The number of carbonyl (C=O) groups excluding carboxylic acids is 3. The number of hydrogen-bond donors (Lipinski definition) is 0. The molecule has 0 N–H and O–H groups in total. The van der Waals surface area contributed by atoms with Gasteiger partial charge in [-0.1, -0.05) is 109 Å². The van der Waals surface area contributed by atoms with E-state index >= 15 is 0 Å². The summed E-state index contributed by atoms with van der Waals surface area (Å²) in [6.07, 6.45) is 24.8. The molecule has 0 unspecified atom stereocenters. The highest BCUT2D eigenvalue weighted by Crippen LogP contribution is 2.15. The van der Waals surface area contributed by atoms with Crippen LogP contribution in [0, 0.1) is 0 Å². The Labute approximate surface area is 237 Å². The Morgan fingerprint density at radius 2 is 1.28 bits per heavy atom. The zero-order chi connectivity index (χ0) is 28.6. The Kier molecular flexibility index (Phi) is 20.6. The second-order valence-corrected chi connectivity index (χ2v) is 10.4. The number of nitrogens with zero attached hydrogens (tertiary/aromatic N) is 1. The summed E-state index contributed by atoms with van der Waals surface area (Å²) >= 11 is 0. The van der Waals surface area contributed by atoms with E-state index in [4.69, 9.17) is 14.2 Å². The topological polar surface area (TPSA) is 82.1 Å². The first kappa shape index (κ1) is 34.5. The quantitative estimate of drug-likeness (QED) is 0.0546. The van der Waals surface area contributed by atoms with Crippen molar-refractivity contribution < 1.29 is 28.6 Å². The second-order valence-electron chi connectivity index (χ2n) is 10.4. The molecule has 0 spiro atoms. The Bertz CT molecular complexity index is 773. The van der Waals surface area contributed by atoms with Gasteiger partial charge in [0.05, 0.1) is 18.5 Å². The van der Waals surface area contributed by atoms with Gasteiger partial charge in [0.1, 0.15) is 19.8 Å². The van der Waals surface area contributed by atoms with Crippen LogP contribution in [0.5, 0.6) is 0 Å². The smallest absolute Gasteiger partial charge is 0.333 e. The average Bonchev–Trinajstić information content (AvgIpc) is 2.93. The van der Waals surface area contributed by atoms with E-state index in [1.807, 2.05) is 12.2 Å². The molecule has 0 bridgehead atoms. The van der Waals surface area contributed by atoms with Crippen LogP contribution in [0.2, 0.25) is 0 Å². The zero-order valence-electron chi connectivity index (χ0n) is 24.7. The van der Waals surface area contributed by atoms with Crippen LogP contribution in [0.4, 0.5) is 0 Å².